The number of benzene rings is 3. The monoisotopic (exact) mass is 438 g/mol. The van der Waals surface area contributed by atoms with Crippen LogP contribution in [0.5, 0.6) is 0 Å². The Morgan fingerprint density at radius 3 is 1.94 bits per heavy atom. The molecular formula is C25H21F3N2O2. The Balaban J connectivity index is 2.02. The molecule has 2 atom stereocenters. The van der Waals surface area contributed by atoms with Gasteiger partial charge in [0.25, 0.3) is 0 Å². The first-order valence-corrected chi connectivity index (χ1v) is 10.2. The number of halogens is 3. The molecule has 1 fully saturated rings. The second kappa shape index (κ2) is 8.49. The zero-order chi connectivity index (χ0) is 22.9. The number of amides is 2. The van der Waals surface area contributed by atoms with Gasteiger partial charge in [-0.05, 0) is 47.0 Å². The van der Waals surface area contributed by atoms with Crippen molar-refractivity contribution in [3.8, 4) is 0 Å². The SMILES string of the molecule is CNC(=O)C[C@@H]1C(=O)NC(c2ccc(F)cc2)(c2ccc(F)cc2)C1c1ccccc1F. The Kier molecular flexibility index (Phi) is 5.74. The van der Waals surface area contributed by atoms with Crippen LogP contribution in [0.2, 0.25) is 0 Å². The summed E-state index contributed by atoms with van der Waals surface area (Å²) < 4.78 is 42.6. The fraction of sp³-hybridized carbons (Fsp3) is 0.200. The summed E-state index contributed by atoms with van der Waals surface area (Å²) in [5, 5.41) is 5.47. The van der Waals surface area contributed by atoms with Crippen molar-refractivity contribution in [1.29, 1.82) is 0 Å². The molecule has 1 unspecified atom stereocenters. The predicted octanol–water partition coefficient (Wildman–Crippen LogP) is 4.01. The average molecular weight is 438 g/mol. The van der Waals surface area contributed by atoms with E-state index in [1.165, 1.54) is 67.7 Å². The van der Waals surface area contributed by atoms with Gasteiger partial charge < -0.3 is 10.6 Å². The summed E-state index contributed by atoms with van der Waals surface area (Å²) in [5.74, 6) is -4.08. The standard InChI is InChI=1S/C25H21F3N2O2/c1-29-22(31)14-20-23(19-4-2-3-5-21(19)28)25(30-24(20)32,15-6-10-17(26)11-7-15)16-8-12-18(27)13-9-16/h2-13,20,23H,14H2,1H3,(H,29,31)(H,30,32)/t20-,23?/m0/s1. The molecular weight excluding hydrogens is 417 g/mol. The zero-order valence-corrected chi connectivity index (χ0v) is 17.2. The predicted molar refractivity (Wildman–Crippen MR) is 113 cm³/mol. The molecule has 0 aliphatic carbocycles. The van der Waals surface area contributed by atoms with Crippen molar-refractivity contribution in [3.63, 3.8) is 0 Å². The molecule has 2 amide bonds. The van der Waals surface area contributed by atoms with E-state index < -0.39 is 40.7 Å². The van der Waals surface area contributed by atoms with Crippen LogP contribution in [0.4, 0.5) is 13.2 Å². The second-order valence-corrected chi connectivity index (χ2v) is 7.79. The molecule has 0 aromatic heterocycles. The highest BCUT2D eigenvalue weighted by Crippen LogP contribution is 2.52. The van der Waals surface area contributed by atoms with Crippen LogP contribution in [-0.4, -0.2) is 18.9 Å². The van der Waals surface area contributed by atoms with E-state index >= 15 is 4.39 Å². The molecule has 0 bridgehead atoms. The van der Waals surface area contributed by atoms with E-state index in [0.29, 0.717) is 11.1 Å². The van der Waals surface area contributed by atoms with E-state index in [0.717, 1.165) is 0 Å². The third kappa shape index (κ3) is 3.64. The lowest BCUT2D eigenvalue weighted by Gasteiger charge is -2.38. The lowest BCUT2D eigenvalue weighted by Crippen LogP contribution is -2.43. The first-order chi connectivity index (χ1) is 15.4. The normalized spacial score (nSPS) is 19.4. The number of nitrogens with one attached hydrogen (secondary N) is 2. The van der Waals surface area contributed by atoms with Gasteiger partial charge in [0.05, 0.1) is 11.5 Å². The average Bonchev–Trinajstić information content (AvgIpc) is 3.07. The first kappa shape index (κ1) is 21.6. The molecule has 164 valence electrons. The van der Waals surface area contributed by atoms with Crippen molar-refractivity contribution >= 4 is 11.8 Å². The minimum atomic E-state index is -1.35. The van der Waals surface area contributed by atoms with E-state index in [1.54, 1.807) is 12.1 Å². The van der Waals surface area contributed by atoms with Gasteiger partial charge in [0, 0.05) is 19.4 Å². The molecule has 4 rings (SSSR count). The molecule has 7 heteroatoms. The van der Waals surface area contributed by atoms with Crippen LogP contribution in [0.25, 0.3) is 0 Å². The second-order valence-electron chi connectivity index (χ2n) is 7.79. The Hall–Kier alpha value is -3.61. The van der Waals surface area contributed by atoms with Crippen LogP contribution in [0.1, 0.15) is 29.0 Å². The van der Waals surface area contributed by atoms with Crippen LogP contribution in [0.15, 0.2) is 72.8 Å². The topological polar surface area (TPSA) is 58.2 Å². The highest BCUT2D eigenvalue weighted by atomic mass is 19.1. The molecule has 32 heavy (non-hydrogen) atoms. The van der Waals surface area contributed by atoms with Crippen LogP contribution < -0.4 is 10.6 Å². The fourth-order valence-electron chi connectivity index (χ4n) is 4.60. The summed E-state index contributed by atoms with van der Waals surface area (Å²) in [5.41, 5.74) is -0.134. The van der Waals surface area contributed by atoms with Crippen molar-refractivity contribution in [2.45, 2.75) is 17.9 Å². The largest absolute Gasteiger partial charge is 0.359 e. The van der Waals surface area contributed by atoms with Gasteiger partial charge in [0.2, 0.25) is 11.8 Å². The fourth-order valence-corrected chi connectivity index (χ4v) is 4.60. The summed E-state index contributed by atoms with van der Waals surface area (Å²) in [6.45, 7) is 0. The van der Waals surface area contributed by atoms with Crippen LogP contribution >= 0.6 is 0 Å². The van der Waals surface area contributed by atoms with Crippen LogP contribution in [-0.2, 0) is 15.1 Å². The smallest absolute Gasteiger partial charge is 0.225 e. The highest BCUT2D eigenvalue weighted by molar-refractivity contribution is 5.90. The van der Waals surface area contributed by atoms with E-state index in [1.807, 2.05) is 0 Å². The van der Waals surface area contributed by atoms with Crippen molar-refractivity contribution in [3.05, 3.63) is 107 Å². The first-order valence-electron chi connectivity index (χ1n) is 10.2. The van der Waals surface area contributed by atoms with Crippen molar-refractivity contribution in [2.24, 2.45) is 5.92 Å². The summed E-state index contributed by atoms with van der Waals surface area (Å²) in [6.07, 6.45) is -0.175. The van der Waals surface area contributed by atoms with E-state index in [-0.39, 0.29) is 17.9 Å². The number of carbonyl (C=O) groups excluding carboxylic acids is 2. The van der Waals surface area contributed by atoms with Gasteiger partial charge in [0.15, 0.2) is 0 Å². The number of hydrogen-bond donors (Lipinski definition) is 2. The molecule has 1 aliphatic heterocycles. The minimum absolute atomic E-state index is 0.175. The Labute approximate surface area is 183 Å². The summed E-state index contributed by atoms with van der Waals surface area (Å²) in [6, 6.07) is 17.1. The molecule has 1 heterocycles. The molecule has 1 aliphatic rings. The van der Waals surface area contributed by atoms with E-state index in [9.17, 15) is 18.4 Å². The van der Waals surface area contributed by atoms with Crippen molar-refractivity contribution in [2.75, 3.05) is 7.05 Å². The zero-order valence-electron chi connectivity index (χ0n) is 17.2. The molecule has 3 aromatic rings. The van der Waals surface area contributed by atoms with Crippen LogP contribution in [0.3, 0.4) is 0 Å². The quantitative estimate of drug-likeness (QED) is 0.633. The summed E-state index contributed by atoms with van der Waals surface area (Å²) in [4.78, 5) is 25.5. The number of rotatable bonds is 5. The molecule has 0 spiro atoms. The Morgan fingerprint density at radius 1 is 0.906 bits per heavy atom. The number of carbonyl (C=O) groups is 2. The van der Waals surface area contributed by atoms with Gasteiger partial charge in [0.1, 0.15) is 17.5 Å². The van der Waals surface area contributed by atoms with Crippen LogP contribution in [0, 0.1) is 23.4 Å². The van der Waals surface area contributed by atoms with Gasteiger partial charge in [-0.2, -0.15) is 0 Å². The maximum Gasteiger partial charge on any atom is 0.225 e. The molecule has 0 saturated carbocycles. The number of hydrogen-bond acceptors (Lipinski definition) is 2. The molecule has 1 saturated heterocycles. The Bertz CT molecular complexity index is 1100. The third-order valence-corrected chi connectivity index (χ3v) is 6.05. The maximum atomic E-state index is 15.1. The molecule has 3 aromatic carbocycles. The Morgan fingerprint density at radius 2 is 1.44 bits per heavy atom. The van der Waals surface area contributed by atoms with Crippen molar-refractivity contribution < 1.29 is 22.8 Å². The minimum Gasteiger partial charge on any atom is -0.359 e. The summed E-state index contributed by atoms with van der Waals surface area (Å²) >= 11 is 0. The van der Waals surface area contributed by atoms with E-state index in [2.05, 4.69) is 10.6 Å². The van der Waals surface area contributed by atoms with Gasteiger partial charge in [-0.15, -0.1) is 0 Å². The molecule has 4 nitrogen and oxygen atoms in total. The third-order valence-electron chi connectivity index (χ3n) is 6.05. The van der Waals surface area contributed by atoms with Crippen molar-refractivity contribution in [1.82, 2.24) is 10.6 Å². The molecule has 2 N–H and O–H groups in total. The van der Waals surface area contributed by atoms with Gasteiger partial charge in [-0.25, -0.2) is 13.2 Å². The van der Waals surface area contributed by atoms with Gasteiger partial charge >= 0.3 is 0 Å². The maximum absolute atomic E-state index is 15.1. The van der Waals surface area contributed by atoms with Gasteiger partial charge in [-0.1, -0.05) is 42.5 Å². The van der Waals surface area contributed by atoms with E-state index in [4.69, 9.17) is 0 Å². The molecule has 0 radical (unpaired) electrons. The van der Waals surface area contributed by atoms with Gasteiger partial charge in [-0.3, -0.25) is 9.59 Å². The lowest BCUT2D eigenvalue weighted by atomic mass is 9.67. The highest BCUT2D eigenvalue weighted by Gasteiger charge is 2.56. The summed E-state index contributed by atoms with van der Waals surface area (Å²) in [7, 11) is 1.46. The lowest BCUT2D eigenvalue weighted by molar-refractivity contribution is -0.128.